The van der Waals surface area contributed by atoms with Crippen molar-refractivity contribution in [3.05, 3.63) is 96.3 Å². The minimum Gasteiger partial charge on any atom is -0.487 e. The molecular weight excluding hydrogens is 526 g/mol. The molecule has 0 aliphatic carbocycles. The predicted octanol–water partition coefficient (Wildman–Crippen LogP) is 5.54. The molecule has 0 atom stereocenters. The van der Waals surface area contributed by atoms with E-state index >= 15 is 0 Å². The van der Waals surface area contributed by atoms with Gasteiger partial charge in [-0.3, -0.25) is 4.79 Å². The van der Waals surface area contributed by atoms with Crippen molar-refractivity contribution in [2.75, 3.05) is 7.11 Å². The van der Waals surface area contributed by atoms with E-state index in [-0.39, 0.29) is 18.1 Å². The standard InChI is InChI=1S/C24H23Br2NO4/c1-3-16-5-4-6-19(13-16)31-15-22-20(25)14-21(26)23(28)27(22)12-11-17-7-9-18(10-8-17)24(29)30-2/h4-10,13-14H,3,11-12,15H2,1-2H3. The summed E-state index contributed by atoms with van der Waals surface area (Å²) in [6.45, 7) is 2.83. The number of nitrogens with zero attached hydrogens (tertiary/aromatic N) is 1. The molecule has 0 N–H and O–H groups in total. The van der Waals surface area contributed by atoms with Crippen LogP contribution < -0.4 is 10.3 Å². The Balaban J connectivity index is 1.80. The first-order valence-corrected chi connectivity index (χ1v) is 11.5. The van der Waals surface area contributed by atoms with Gasteiger partial charge in [-0.25, -0.2) is 4.79 Å². The van der Waals surface area contributed by atoms with E-state index in [4.69, 9.17) is 9.47 Å². The molecule has 1 heterocycles. The largest absolute Gasteiger partial charge is 0.487 e. The molecule has 0 unspecified atom stereocenters. The zero-order valence-corrected chi connectivity index (χ0v) is 20.5. The van der Waals surface area contributed by atoms with Crippen LogP contribution in [0.1, 0.15) is 34.1 Å². The molecule has 0 amide bonds. The lowest BCUT2D eigenvalue weighted by molar-refractivity contribution is 0.0600. The molecule has 0 radical (unpaired) electrons. The monoisotopic (exact) mass is 547 g/mol. The summed E-state index contributed by atoms with van der Waals surface area (Å²) in [5.74, 6) is 0.400. The lowest BCUT2D eigenvalue weighted by atomic mass is 10.1. The van der Waals surface area contributed by atoms with Gasteiger partial charge in [0.05, 0.1) is 22.8 Å². The van der Waals surface area contributed by atoms with Crippen molar-refractivity contribution in [2.24, 2.45) is 0 Å². The van der Waals surface area contributed by atoms with Crippen molar-refractivity contribution in [1.29, 1.82) is 0 Å². The first kappa shape index (κ1) is 23.3. The van der Waals surface area contributed by atoms with Crippen molar-refractivity contribution >= 4 is 37.8 Å². The number of pyridine rings is 1. The molecule has 3 rings (SSSR count). The second-order valence-corrected chi connectivity index (χ2v) is 8.68. The van der Waals surface area contributed by atoms with Gasteiger partial charge in [-0.1, -0.05) is 31.2 Å². The summed E-state index contributed by atoms with van der Waals surface area (Å²) >= 11 is 6.92. The van der Waals surface area contributed by atoms with Gasteiger partial charge in [0.25, 0.3) is 5.56 Å². The van der Waals surface area contributed by atoms with E-state index in [1.54, 1.807) is 22.8 Å². The first-order chi connectivity index (χ1) is 14.9. The number of ether oxygens (including phenoxy) is 2. The normalized spacial score (nSPS) is 10.7. The van der Waals surface area contributed by atoms with E-state index in [0.29, 0.717) is 23.0 Å². The summed E-state index contributed by atoms with van der Waals surface area (Å²) in [6.07, 6.45) is 1.56. The highest BCUT2D eigenvalue weighted by Crippen LogP contribution is 2.22. The Morgan fingerprint density at radius 3 is 2.42 bits per heavy atom. The van der Waals surface area contributed by atoms with Crippen LogP contribution in [0.15, 0.2) is 68.3 Å². The van der Waals surface area contributed by atoms with E-state index in [9.17, 15) is 9.59 Å². The molecule has 0 aliphatic heterocycles. The Labute approximate surface area is 198 Å². The smallest absolute Gasteiger partial charge is 0.337 e. The summed E-state index contributed by atoms with van der Waals surface area (Å²) in [6, 6.07) is 16.9. The zero-order valence-electron chi connectivity index (χ0n) is 17.4. The Bertz CT molecular complexity index is 1120. The lowest BCUT2D eigenvalue weighted by Gasteiger charge is -2.17. The number of esters is 1. The van der Waals surface area contributed by atoms with Crippen LogP contribution in [-0.4, -0.2) is 17.6 Å². The SMILES string of the molecule is CCc1cccc(OCc2c(Br)cc(Br)c(=O)n2CCc2ccc(C(=O)OC)cc2)c1. The molecule has 5 nitrogen and oxygen atoms in total. The summed E-state index contributed by atoms with van der Waals surface area (Å²) in [4.78, 5) is 24.4. The van der Waals surface area contributed by atoms with Crippen LogP contribution in [0.2, 0.25) is 0 Å². The van der Waals surface area contributed by atoms with Gasteiger partial charge < -0.3 is 14.0 Å². The number of carbonyl (C=O) groups is 1. The number of aromatic nitrogens is 1. The number of carbonyl (C=O) groups excluding carboxylic acids is 1. The van der Waals surface area contributed by atoms with Crippen molar-refractivity contribution < 1.29 is 14.3 Å². The van der Waals surface area contributed by atoms with Crippen LogP contribution in [0.5, 0.6) is 5.75 Å². The molecule has 0 bridgehead atoms. The molecule has 0 saturated carbocycles. The van der Waals surface area contributed by atoms with Crippen LogP contribution in [0, 0.1) is 0 Å². The van der Waals surface area contributed by atoms with E-state index in [1.807, 2.05) is 30.3 Å². The van der Waals surface area contributed by atoms with Gasteiger partial charge in [-0.05, 0) is 86.2 Å². The average molecular weight is 549 g/mol. The maximum Gasteiger partial charge on any atom is 0.337 e. The number of benzene rings is 2. The van der Waals surface area contributed by atoms with E-state index in [1.165, 1.54) is 12.7 Å². The highest BCUT2D eigenvalue weighted by Gasteiger charge is 2.14. The minimum atomic E-state index is -0.370. The number of methoxy groups -OCH3 is 1. The lowest BCUT2D eigenvalue weighted by Crippen LogP contribution is -2.26. The summed E-state index contributed by atoms with van der Waals surface area (Å²) < 4.78 is 13.7. The number of hydrogen-bond acceptors (Lipinski definition) is 4. The van der Waals surface area contributed by atoms with Crippen molar-refractivity contribution in [3.63, 3.8) is 0 Å². The summed E-state index contributed by atoms with van der Waals surface area (Å²) in [7, 11) is 1.36. The second kappa shape index (κ2) is 10.8. The molecule has 3 aromatic rings. The van der Waals surface area contributed by atoms with Gasteiger partial charge in [0.1, 0.15) is 12.4 Å². The topological polar surface area (TPSA) is 57.5 Å². The molecule has 0 spiro atoms. The zero-order chi connectivity index (χ0) is 22.4. The quantitative estimate of drug-likeness (QED) is 0.347. The molecule has 162 valence electrons. The van der Waals surface area contributed by atoms with E-state index in [2.05, 4.69) is 44.8 Å². The number of halogens is 2. The maximum absolute atomic E-state index is 12.8. The molecule has 0 fully saturated rings. The molecular formula is C24H23Br2NO4. The van der Waals surface area contributed by atoms with E-state index in [0.717, 1.165) is 27.9 Å². The third-order valence-electron chi connectivity index (χ3n) is 4.99. The average Bonchev–Trinajstić information content (AvgIpc) is 2.79. The van der Waals surface area contributed by atoms with Crippen LogP contribution in [-0.2, 0) is 30.7 Å². The molecule has 0 aliphatic rings. The number of aryl methyl sites for hydroxylation is 2. The fourth-order valence-corrected chi connectivity index (χ4v) is 4.50. The summed E-state index contributed by atoms with van der Waals surface area (Å²) in [5.41, 5.74) is 3.35. The molecule has 7 heteroatoms. The third kappa shape index (κ3) is 5.86. The Morgan fingerprint density at radius 2 is 1.74 bits per heavy atom. The molecule has 0 saturated heterocycles. The van der Waals surface area contributed by atoms with Gasteiger partial charge in [0.15, 0.2) is 0 Å². The van der Waals surface area contributed by atoms with E-state index < -0.39 is 0 Å². The van der Waals surface area contributed by atoms with Crippen LogP contribution in [0.3, 0.4) is 0 Å². The Hall–Kier alpha value is -2.38. The fraction of sp³-hybridized carbons (Fsp3) is 0.250. The van der Waals surface area contributed by atoms with Crippen LogP contribution in [0.25, 0.3) is 0 Å². The highest BCUT2D eigenvalue weighted by molar-refractivity contribution is 9.11. The number of rotatable bonds is 8. The molecule has 2 aromatic carbocycles. The van der Waals surface area contributed by atoms with Gasteiger partial charge in [0, 0.05) is 11.0 Å². The van der Waals surface area contributed by atoms with Crippen molar-refractivity contribution in [3.8, 4) is 5.75 Å². The van der Waals surface area contributed by atoms with Crippen molar-refractivity contribution in [1.82, 2.24) is 4.57 Å². The minimum absolute atomic E-state index is 0.115. The Kier molecular flexibility index (Phi) is 8.09. The van der Waals surface area contributed by atoms with Crippen molar-refractivity contribution in [2.45, 2.75) is 32.9 Å². The summed E-state index contributed by atoms with van der Waals surface area (Å²) in [5, 5.41) is 0. The first-order valence-electron chi connectivity index (χ1n) is 9.89. The molecule has 31 heavy (non-hydrogen) atoms. The van der Waals surface area contributed by atoms with Crippen LogP contribution >= 0.6 is 31.9 Å². The van der Waals surface area contributed by atoms with Crippen LogP contribution in [0.4, 0.5) is 0 Å². The predicted molar refractivity (Wildman–Crippen MR) is 128 cm³/mol. The third-order valence-corrected chi connectivity index (χ3v) is 6.24. The molecule has 1 aromatic heterocycles. The van der Waals surface area contributed by atoms with Gasteiger partial charge in [0.2, 0.25) is 0 Å². The van der Waals surface area contributed by atoms with Gasteiger partial charge >= 0.3 is 5.97 Å². The van der Waals surface area contributed by atoms with Gasteiger partial charge in [-0.15, -0.1) is 0 Å². The fourth-order valence-electron chi connectivity index (χ4n) is 3.19. The Morgan fingerprint density at radius 1 is 1.00 bits per heavy atom. The highest BCUT2D eigenvalue weighted by atomic mass is 79.9. The second-order valence-electron chi connectivity index (χ2n) is 6.97. The number of hydrogen-bond donors (Lipinski definition) is 0. The maximum atomic E-state index is 12.8. The van der Waals surface area contributed by atoms with Gasteiger partial charge in [-0.2, -0.15) is 0 Å².